The van der Waals surface area contributed by atoms with E-state index < -0.39 is 22.5 Å². The van der Waals surface area contributed by atoms with Crippen LogP contribution in [0.15, 0.2) is 52.3 Å². The predicted octanol–water partition coefficient (Wildman–Crippen LogP) is 4.99. The molecule has 6 rings (SSSR count). The molecule has 0 aliphatic rings. The molecule has 34 heavy (non-hydrogen) atoms. The van der Waals surface area contributed by atoms with E-state index in [2.05, 4.69) is 0 Å². The third-order valence-electron chi connectivity index (χ3n) is 7.02. The summed E-state index contributed by atoms with van der Waals surface area (Å²) < 4.78 is 10.2. The molecule has 2 aromatic heterocycles. The molecule has 2 heterocycles. The minimum atomic E-state index is -0.702. The van der Waals surface area contributed by atoms with Crippen LogP contribution in [0.3, 0.4) is 0 Å². The zero-order valence-corrected chi connectivity index (χ0v) is 19.8. The molecule has 0 aliphatic carbocycles. The van der Waals surface area contributed by atoms with Gasteiger partial charge < -0.3 is 8.83 Å². The Kier molecular flexibility index (Phi) is 3.67. The highest BCUT2D eigenvalue weighted by molar-refractivity contribution is 6.39. The first-order valence-electron chi connectivity index (χ1n) is 11.2. The maximum Gasteiger partial charge on any atom is 0.347 e. The Labute approximate surface area is 192 Å². The number of benzene rings is 4. The fourth-order valence-corrected chi connectivity index (χ4v) is 5.24. The van der Waals surface area contributed by atoms with Gasteiger partial charge >= 0.3 is 22.5 Å². The lowest BCUT2D eigenvalue weighted by Gasteiger charge is -2.24. The highest BCUT2D eigenvalue weighted by Crippen LogP contribution is 2.45. The fraction of sp³-hybridized carbons (Fsp3) is 0.286. The SMILES string of the molecule is CC(C)(C)c1cc2c3c(=O)oc(=O)c3c3cc(C(C)(C)C)cc4c5c(=O)oc(=O)c5c(c1)c2c34. The van der Waals surface area contributed by atoms with Crippen molar-refractivity contribution in [2.75, 3.05) is 0 Å². The van der Waals surface area contributed by atoms with Gasteiger partial charge in [0.15, 0.2) is 0 Å². The lowest BCUT2D eigenvalue weighted by molar-refractivity contribution is 0.500. The lowest BCUT2D eigenvalue weighted by Crippen LogP contribution is -2.13. The fourth-order valence-electron chi connectivity index (χ4n) is 5.24. The van der Waals surface area contributed by atoms with Crippen LogP contribution >= 0.6 is 0 Å². The second-order valence-corrected chi connectivity index (χ2v) is 11.2. The Balaban J connectivity index is 2.13. The van der Waals surface area contributed by atoms with E-state index in [4.69, 9.17) is 8.83 Å². The Morgan fingerprint density at radius 2 is 0.676 bits per heavy atom. The van der Waals surface area contributed by atoms with Gasteiger partial charge in [0.25, 0.3) is 0 Å². The van der Waals surface area contributed by atoms with Gasteiger partial charge in [-0.3, -0.25) is 0 Å². The van der Waals surface area contributed by atoms with E-state index in [1.807, 2.05) is 65.8 Å². The smallest absolute Gasteiger partial charge is 0.347 e. The molecule has 4 aromatic carbocycles. The molecule has 0 aliphatic heterocycles. The van der Waals surface area contributed by atoms with E-state index in [0.717, 1.165) is 11.1 Å². The normalized spacial score (nSPS) is 13.5. The topological polar surface area (TPSA) is 94.6 Å². The Hall–Kier alpha value is -3.80. The maximum atomic E-state index is 12.9. The summed E-state index contributed by atoms with van der Waals surface area (Å²) in [5, 5.41) is 4.33. The number of furan rings is 2. The third kappa shape index (κ3) is 2.45. The highest BCUT2D eigenvalue weighted by atomic mass is 16.4. The van der Waals surface area contributed by atoms with E-state index in [1.165, 1.54) is 0 Å². The summed E-state index contributed by atoms with van der Waals surface area (Å²) in [6.45, 7) is 12.1. The molecule has 0 atom stereocenters. The summed E-state index contributed by atoms with van der Waals surface area (Å²) in [7, 11) is 0. The van der Waals surface area contributed by atoms with Crippen LogP contribution in [0.5, 0.6) is 0 Å². The van der Waals surface area contributed by atoms with Gasteiger partial charge in [-0.15, -0.1) is 0 Å². The lowest BCUT2D eigenvalue weighted by atomic mass is 9.79. The van der Waals surface area contributed by atoms with E-state index in [-0.39, 0.29) is 32.4 Å². The van der Waals surface area contributed by atoms with Gasteiger partial charge in [0.2, 0.25) is 0 Å². The largest absolute Gasteiger partial charge is 0.386 e. The number of fused-ring (bicyclic) bond motifs is 6. The molecular formula is C28H22O6. The van der Waals surface area contributed by atoms with Crippen molar-refractivity contribution in [2.24, 2.45) is 0 Å². The van der Waals surface area contributed by atoms with Crippen molar-refractivity contribution in [2.45, 2.75) is 52.4 Å². The monoisotopic (exact) mass is 454 g/mol. The Morgan fingerprint density at radius 1 is 0.441 bits per heavy atom. The van der Waals surface area contributed by atoms with Gasteiger partial charge in [-0.2, -0.15) is 0 Å². The summed E-state index contributed by atoms with van der Waals surface area (Å²) in [6, 6.07) is 7.58. The van der Waals surface area contributed by atoms with Gasteiger partial charge in [-0.05, 0) is 78.5 Å². The van der Waals surface area contributed by atoms with Crippen molar-refractivity contribution in [1.29, 1.82) is 0 Å². The van der Waals surface area contributed by atoms with Crippen molar-refractivity contribution < 1.29 is 8.83 Å². The van der Waals surface area contributed by atoms with Crippen LogP contribution in [-0.2, 0) is 10.8 Å². The van der Waals surface area contributed by atoms with Crippen LogP contribution in [-0.4, -0.2) is 0 Å². The summed E-state index contributed by atoms with van der Waals surface area (Å²) >= 11 is 0. The minimum absolute atomic E-state index is 0.207. The highest BCUT2D eigenvalue weighted by Gasteiger charge is 2.29. The maximum absolute atomic E-state index is 12.9. The molecule has 0 fully saturated rings. The molecule has 0 amide bonds. The van der Waals surface area contributed by atoms with Crippen LogP contribution < -0.4 is 22.5 Å². The van der Waals surface area contributed by atoms with Gasteiger partial charge in [0.1, 0.15) is 0 Å². The molecule has 0 saturated carbocycles. The predicted molar refractivity (Wildman–Crippen MR) is 135 cm³/mol. The summed E-state index contributed by atoms with van der Waals surface area (Å²) in [6.07, 6.45) is 0. The van der Waals surface area contributed by atoms with E-state index in [0.29, 0.717) is 32.3 Å². The van der Waals surface area contributed by atoms with E-state index in [1.54, 1.807) is 0 Å². The molecule has 0 saturated heterocycles. The molecule has 0 bridgehead atoms. The molecular weight excluding hydrogens is 432 g/mol. The van der Waals surface area contributed by atoms with Crippen LogP contribution in [0, 0.1) is 0 Å². The first-order valence-corrected chi connectivity index (χ1v) is 11.2. The average molecular weight is 454 g/mol. The molecule has 0 unspecified atom stereocenters. The summed E-state index contributed by atoms with van der Waals surface area (Å²) in [5.41, 5.74) is -1.75. The van der Waals surface area contributed by atoms with Crippen LogP contribution in [0.25, 0.3) is 53.9 Å². The first kappa shape index (κ1) is 20.8. The zero-order valence-electron chi connectivity index (χ0n) is 19.8. The Bertz CT molecular complexity index is 1770. The van der Waals surface area contributed by atoms with Gasteiger partial charge in [-0.25, -0.2) is 19.2 Å². The first-order chi connectivity index (χ1) is 15.8. The summed E-state index contributed by atoms with van der Waals surface area (Å²) in [4.78, 5) is 51.7. The quantitative estimate of drug-likeness (QED) is 0.300. The van der Waals surface area contributed by atoms with Crippen molar-refractivity contribution in [3.05, 3.63) is 77.1 Å². The van der Waals surface area contributed by atoms with E-state index in [9.17, 15) is 19.2 Å². The zero-order chi connectivity index (χ0) is 24.5. The molecule has 6 nitrogen and oxygen atoms in total. The Morgan fingerprint density at radius 3 is 0.882 bits per heavy atom. The van der Waals surface area contributed by atoms with Crippen LogP contribution in [0.4, 0.5) is 0 Å². The molecule has 6 aromatic rings. The van der Waals surface area contributed by atoms with Gasteiger partial charge in [0, 0.05) is 0 Å². The van der Waals surface area contributed by atoms with Crippen molar-refractivity contribution in [3.63, 3.8) is 0 Å². The number of hydrogen-bond acceptors (Lipinski definition) is 6. The molecule has 0 radical (unpaired) electrons. The van der Waals surface area contributed by atoms with Crippen molar-refractivity contribution in [1.82, 2.24) is 0 Å². The van der Waals surface area contributed by atoms with Crippen molar-refractivity contribution >= 4 is 53.9 Å². The minimum Gasteiger partial charge on any atom is -0.386 e. The molecule has 6 heteroatoms. The van der Waals surface area contributed by atoms with Crippen molar-refractivity contribution in [3.8, 4) is 0 Å². The average Bonchev–Trinajstić information content (AvgIpc) is 3.20. The third-order valence-corrected chi connectivity index (χ3v) is 7.02. The summed E-state index contributed by atoms with van der Waals surface area (Å²) in [5.74, 6) is 0. The van der Waals surface area contributed by atoms with Crippen LogP contribution in [0.1, 0.15) is 52.7 Å². The number of rotatable bonds is 0. The molecule has 0 N–H and O–H groups in total. The van der Waals surface area contributed by atoms with E-state index >= 15 is 0 Å². The molecule has 170 valence electrons. The van der Waals surface area contributed by atoms with Gasteiger partial charge in [0.05, 0.1) is 21.5 Å². The molecule has 0 spiro atoms. The van der Waals surface area contributed by atoms with Crippen LogP contribution in [0.2, 0.25) is 0 Å². The van der Waals surface area contributed by atoms with Gasteiger partial charge in [-0.1, -0.05) is 41.5 Å². The standard InChI is InChI=1S/C28H22O6/c1-27(2,3)11-7-13-17-14(8-11)20-22(26(32)34-24(20)30)16-10-12(28(4,5)6)9-15(18(16)17)21-19(13)23(29)33-25(21)31/h7-10H,1-6H3. The second-order valence-electron chi connectivity index (χ2n) is 11.2. The second kappa shape index (κ2) is 6.00. The number of hydrogen-bond donors (Lipinski definition) is 0.